The Morgan fingerprint density at radius 1 is 0.526 bits per heavy atom. The second-order valence-electron chi connectivity index (χ2n) is 15.9. The topological polar surface area (TPSA) is 207 Å². The van der Waals surface area contributed by atoms with Crippen LogP contribution in [0.1, 0.15) is 21.3 Å². The summed E-state index contributed by atoms with van der Waals surface area (Å²) in [5.74, 6) is -2.00. The first-order valence-electron chi connectivity index (χ1n) is 22.2. The van der Waals surface area contributed by atoms with Crippen molar-refractivity contribution >= 4 is 63.4 Å². The summed E-state index contributed by atoms with van der Waals surface area (Å²) >= 11 is 0. The van der Waals surface area contributed by atoms with Crippen molar-refractivity contribution in [3.63, 3.8) is 0 Å². The first-order chi connectivity index (χ1) is 35.5. The Hall–Kier alpha value is -8.59. The standard InChI is InChI=1S/2C26H19F2N3O5S.CH4.H3P/c2*1-2-35-24-14-20(16-4-3-5-18(27)12-16)21(28)15-23(24)31-22-8-7-19(13-17(22)6-9-26(31)32)37(33,34)30-25-10-11-36-29-25;;/h2*3-15H,2H2,1H3,(H,29,30);1H4;1H3. The number of fused-ring (bicyclic) bond motifs is 2. The van der Waals surface area contributed by atoms with Gasteiger partial charge in [-0.1, -0.05) is 42.0 Å². The van der Waals surface area contributed by atoms with Gasteiger partial charge in [0.15, 0.2) is 11.6 Å². The van der Waals surface area contributed by atoms with Crippen molar-refractivity contribution in [1.82, 2.24) is 19.4 Å². The Kier molecular flexibility index (Phi) is 16.6. The van der Waals surface area contributed by atoms with Gasteiger partial charge in [-0.2, -0.15) is 9.90 Å². The van der Waals surface area contributed by atoms with E-state index < -0.39 is 54.4 Å². The molecule has 0 amide bonds. The number of nitrogens with zero attached hydrogens (tertiary/aromatic N) is 4. The SMILES string of the molecule is C.CCOc1cc(-c2cccc(F)c2)c(F)cc1-n1c(=O)ccc2cc(S(=O)(=O)Nc3ccon3)ccc21.CCOc1cc(-c2cccc(F)c2)c(F)cc1-n1c(=O)ccc2cc(S(=O)(=O)Nc3ccon3)ccc21.P. The number of nitrogens with one attached hydrogen (secondary N) is 2. The number of hydrogen-bond donors (Lipinski definition) is 2. The molecule has 4 heterocycles. The van der Waals surface area contributed by atoms with Crippen LogP contribution in [0.15, 0.2) is 187 Å². The lowest BCUT2D eigenvalue weighted by atomic mass is 10.0. The number of ether oxygens (including phenoxy) is 2. The van der Waals surface area contributed by atoms with E-state index in [2.05, 4.69) is 28.8 Å². The fraction of sp³-hybridized carbons (Fsp3) is 0.0943. The molecule has 16 nitrogen and oxygen atoms in total. The number of rotatable bonds is 14. The van der Waals surface area contributed by atoms with Gasteiger partial charge >= 0.3 is 0 Å². The van der Waals surface area contributed by atoms with E-state index in [1.54, 1.807) is 26.0 Å². The van der Waals surface area contributed by atoms with Crippen LogP contribution in [0.2, 0.25) is 0 Å². The smallest absolute Gasteiger partial charge is 0.263 e. The number of hydrogen-bond acceptors (Lipinski definition) is 12. The quantitative estimate of drug-likeness (QED) is 0.0770. The van der Waals surface area contributed by atoms with Gasteiger partial charge in [0.25, 0.3) is 31.2 Å². The van der Waals surface area contributed by atoms with E-state index in [0.717, 1.165) is 12.1 Å². The van der Waals surface area contributed by atoms with Crippen LogP contribution >= 0.6 is 9.90 Å². The third kappa shape index (κ3) is 11.5. The Morgan fingerprint density at radius 2 is 0.934 bits per heavy atom. The summed E-state index contributed by atoms with van der Waals surface area (Å²) in [7, 11) is -8.00. The zero-order valence-corrected chi connectivity index (χ0v) is 42.4. The minimum absolute atomic E-state index is 0. The van der Waals surface area contributed by atoms with Crippen molar-refractivity contribution in [1.29, 1.82) is 0 Å². The average Bonchev–Trinajstić information content (AvgIpc) is 4.09. The van der Waals surface area contributed by atoms with Gasteiger partial charge in [0, 0.05) is 58.3 Å². The molecule has 2 N–H and O–H groups in total. The van der Waals surface area contributed by atoms with Crippen molar-refractivity contribution in [2.24, 2.45) is 0 Å². The van der Waals surface area contributed by atoms with Gasteiger partial charge in [0.1, 0.15) is 47.3 Å². The van der Waals surface area contributed by atoms with E-state index in [-0.39, 0.29) is 86.0 Å². The zero-order chi connectivity index (χ0) is 52.3. The molecule has 0 saturated carbocycles. The molecule has 0 fully saturated rings. The normalized spacial score (nSPS) is 11.2. The Labute approximate surface area is 434 Å². The first kappa shape index (κ1) is 55.2. The van der Waals surface area contributed by atoms with Gasteiger partial charge in [0.05, 0.1) is 45.4 Å². The molecule has 392 valence electrons. The van der Waals surface area contributed by atoms with Gasteiger partial charge in [0.2, 0.25) is 0 Å². The third-order valence-corrected chi connectivity index (χ3v) is 13.9. The van der Waals surface area contributed by atoms with Crippen LogP contribution in [0.3, 0.4) is 0 Å². The Balaban J connectivity index is 0.000000216. The highest BCUT2D eigenvalue weighted by molar-refractivity contribution is 7.93. The second kappa shape index (κ2) is 22.9. The van der Waals surface area contributed by atoms with Gasteiger partial charge in [-0.3, -0.25) is 28.2 Å². The number of anilines is 2. The maximum atomic E-state index is 15.3. The molecule has 4 aromatic heterocycles. The van der Waals surface area contributed by atoms with Gasteiger partial charge < -0.3 is 18.5 Å². The molecule has 0 radical (unpaired) electrons. The Morgan fingerprint density at radius 3 is 1.29 bits per heavy atom. The van der Waals surface area contributed by atoms with Gasteiger partial charge in [-0.05, 0) is 110 Å². The predicted octanol–water partition coefficient (Wildman–Crippen LogP) is 10.9. The van der Waals surface area contributed by atoms with Crippen molar-refractivity contribution in [2.75, 3.05) is 22.7 Å². The van der Waals surface area contributed by atoms with Crippen molar-refractivity contribution in [2.45, 2.75) is 31.1 Å². The van der Waals surface area contributed by atoms with Crippen LogP contribution in [0.4, 0.5) is 29.2 Å². The van der Waals surface area contributed by atoms with Crippen LogP contribution in [0.5, 0.6) is 11.5 Å². The minimum atomic E-state index is -4.00. The maximum Gasteiger partial charge on any atom is 0.263 e. The summed E-state index contributed by atoms with van der Waals surface area (Å²) in [4.78, 5) is 25.8. The van der Waals surface area contributed by atoms with E-state index >= 15 is 8.78 Å². The van der Waals surface area contributed by atoms with Crippen molar-refractivity contribution in [3.05, 3.63) is 202 Å². The van der Waals surface area contributed by atoms with E-state index in [1.807, 2.05) is 0 Å². The van der Waals surface area contributed by atoms with Gasteiger partial charge in [-0.25, -0.2) is 34.4 Å². The highest BCUT2D eigenvalue weighted by Crippen LogP contribution is 2.36. The van der Waals surface area contributed by atoms with Crippen molar-refractivity contribution < 1.29 is 52.9 Å². The largest absolute Gasteiger partial charge is 0.492 e. The third-order valence-electron chi connectivity index (χ3n) is 11.2. The summed E-state index contributed by atoms with van der Waals surface area (Å²) in [6, 6.07) is 32.5. The monoisotopic (exact) mass is 1100 g/mol. The molecule has 0 saturated heterocycles. The van der Waals surface area contributed by atoms with E-state index in [9.17, 15) is 35.2 Å². The van der Waals surface area contributed by atoms with Crippen LogP contribution in [0, 0.1) is 23.3 Å². The van der Waals surface area contributed by atoms with E-state index in [1.165, 1.54) is 143 Å². The fourth-order valence-electron chi connectivity index (χ4n) is 7.93. The molecule has 0 aliphatic carbocycles. The Bertz CT molecular complexity index is 3840. The molecule has 0 bridgehead atoms. The molecule has 10 rings (SSSR count). The second-order valence-corrected chi connectivity index (χ2v) is 19.3. The lowest BCUT2D eigenvalue weighted by Crippen LogP contribution is -2.19. The summed E-state index contributed by atoms with van der Waals surface area (Å²) < 4.78 is 137. The average molecular weight is 1100 g/mol. The molecule has 1 unspecified atom stereocenters. The maximum absolute atomic E-state index is 15.3. The highest BCUT2D eigenvalue weighted by atomic mass is 32.2. The van der Waals surface area contributed by atoms with Crippen LogP contribution < -0.4 is 30.0 Å². The number of sulfonamides is 2. The summed E-state index contributed by atoms with van der Waals surface area (Å²) in [6.45, 7) is 3.91. The molecule has 23 heteroatoms. The number of pyridine rings is 2. The first-order valence-corrected chi connectivity index (χ1v) is 25.1. The van der Waals surface area contributed by atoms with Crippen LogP contribution in [-0.2, 0) is 20.0 Å². The number of aromatic nitrogens is 4. The predicted molar refractivity (Wildman–Crippen MR) is 285 cm³/mol. The molecule has 0 aliphatic rings. The molecule has 6 aromatic carbocycles. The number of halogens is 4. The fourth-order valence-corrected chi connectivity index (χ4v) is 9.99. The molecule has 10 aromatic rings. The molecule has 0 aliphatic heterocycles. The minimum Gasteiger partial charge on any atom is -0.492 e. The van der Waals surface area contributed by atoms with Crippen LogP contribution in [0.25, 0.3) is 55.4 Å². The summed E-state index contributed by atoms with van der Waals surface area (Å²) in [5, 5.41) is 7.89. The van der Waals surface area contributed by atoms with Crippen molar-refractivity contribution in [3.8, 4) is 45.1 Å². The lowest BCUT2D eigenvalue weighted by molar-refractivity contribution is 0.338. The molecular formula is C53H45F4N6O10PS2. The molecule has 0 spiro atoms. The molecule has 1 atom stereocenters. The lowest BCUT2D eigenvalue weighted by Gasteiger charge is -2.17. The van der Waals surface area contributed by atoms with E-state index in [0.29, 0.717) is 32.9 Å². The summed E-state index contributed by atoms with van der Waals surface area (Å²) in [5.41, 5.74) is 0.746. The van der Waals surface area contributed by atoms with Gasteiger partial charge in [-0.15, -0.1) is 0 Å². The molecule has 76 heavy (non-hydrogen) atoms. The van der Waals surface area contributed by atoms with E-state index in [4.69, 9.17) is 9.47 Å². The molecular weight excluding hydrogens is 1050 g/mol. The number of benzene rings is 6. The zero-order valence-electron chi connectivity index (χ0n) is 39.3. The van der Waals surface area contributed by atoms with Crippen LogP contribution in [-0.4, -0.2) is 49.5 Å². The summed E-state index contributed by atoms with van der Waals surface area (Å²) in [6.07, 6.45) is 2.46. The highest BCUT2D eigenvalue weighted by Gasteiger charge is 2.23.